The molecular weight excluding hydrogens is 234 g/mol. The van der Waals surface area contributed by atoms with Crippen LogP contribution >= 0.6 is 0 Å². The minimum absolute atomic E-state index is 0.192. The van der Waals surface area contributed by atoms with E-state index in [1.165, 1.54) is 11.1 Å². The van der Waals surface area contributed by atoms with Gasteiger partial charge in [0, 0.05) is 5.56 Å². The van der Waals surface area contributed by atoms with Crippen molar-refractivity contribution < 1.29 is 4.42 Å². The summed E-state index contributed by atoms with van der Waals surface area (Å²) in [6.07, 6.45) is 4.66. The molecule has 2 aromatic rings. The zero-order chi connectivity index (χ0) is 13.9. The topological polar surface area (TPSA) is 25.2 Å². The molecule has 1 atom stereocenters. The molecule has 0 saturated carbocycles. The molecule has 0 spiro atoms. The lowest BCUT2D eigenvalue weighted by Crippen LogP contribution is -2.18. The lowest BCUT2D eigenvalue weighted by atomic mass is 9.81. The van der Waals surface area contributed by atoms with E-state index < -0.39 is 0 Å². The summed E-state index contributed by atoms with van der Waals surface area (Å²) in [4.78, 5) is 0. The van der Waals surface area contributed by atoms with E-state index in [-0.39, 0.29) is 11.5 Å². The van der Waals surface area contributed by atoms with E-state index >= 15 is 0 Å². The summed E-state index contributed by atoms with van der Waals surface area (Å²) in [5.74, 6) is 0. The van der Waals surface area contributed by atoms with Gasteiger partial charge < -0.3 is 9.73 Å². The normalized spacial score (nSPS) is 13.5. The van der Waals surface area contributed by atoms with Crippen molar-refractivity contribution in [1.29, 1.82) is 0 Å². The first-order valence-electron chi connectivity index (χ1n) is 6.88. The average molecular weight is 257 g/mol. The zero-order valence-electron chi connectivity index (χ0n) is 12.2. The van der Waals surface area contributed by atoms with Crippen LogP contribution in [0.25, 0.3) is 0 Å². The van der Waals surface area contributed by atoms with Gasteiger partial charge in [-0.3, -0.25) is 0 Å². The van der Waals surface area contributed by atoms with Gasteiger partial charge in [-0.05, 0) is 36.1 Å². The highest BCUT2D eigenvalue weighted by molar-refractivity contribution is 5.34. The molecule has 0 aliphatic heterocycles. The Morgan fingerprint density at radius 1 is 1.11 bits per heavy atom. The maximum atomic E-state index is 5.17. The highest BCUT2D eigenvalue weighted by atomic mass is 16.3. The molecule has 1 heterocycles. The number of benzene rings is 1. The van der Waals surface area contributed by atoms with Crippen molar-refractivity contribution in [2.24, 2.45) is 0 Å². The van der Waals surface area contributed by atoms with Gasteiger partial charge in [-0.2, -0.15) is 0 Å². The second-order valence-electron chi connectivity index (χ2n) is 5.64. The van der Waals surface area contributed by atoms with E-state index in [9.17, 15) is 0 Å². The second-order valence-corrected chi connectivity index (χ2v) is 5.64. The maximum absolute atomic E-state index is 5.17. The van der Waals surface area contributed by atoms with Gasteiger partial charge in [-0.25, -0.2) is 0 Å². The smallest absolute Gasteiger partial charge is 0.0953 e. The third-order valence-corrected chi connectivity index (χ3v) is 4.07. The number of nitrogens with one attached hydrogen (secondary N) is 1. The van der Waals surface area contributed by atoms with Crippen LogP contribution < -0.4 is 5.32 Å². The first-order chi connectivity index (χ1) is 9.08. The van der Waals surface area contributed by atoms with Crippen molar-refractivity contribution >= 4 is 0 Å². The van der Waals surface area contributed by atoms with Crippen LogP contribution in [-0.4, -0.2) is 7.05 Å². The predicted molar refractivity (Wildman–Crippen MR) is 79.4 cm³/mol. The lowest BCUT2D eigenvalue weighted by molar-refractivity contribution is 0.506. The van der Waals surface area contributed by atoms with Crippen molar-refractivity contribution in [3.05, 3.63) is 59.5 Å². The Kier molecular flexibility index (Phi) is 4.11. The number of rotatable bonds is 5. The van der Waals surface area contributed by atoms with Crippen molar-refractivity contribution in [2.75, 3.05) is 7.05 Å². The van der Waals surface area contributed by atoms with Crippen LogP contribution in [0.1, 0.15) is 49.9 Å². The first-order valence-corrected chi connectivity index (χ1v) is 6.88. The van der Waals surface area contributed by atoms with E-state index in [1.54, 1.807) is 12.5 Å². The van der Waals surface area contributed by atoms with Gasteiger partial charge in [-0.15, -0.1) is 0 Å². The molecule has 0 bridgehead atoms. The van der Waals surface area contributed by atoms with E-state index in [0.717, 1.165) is 12.0 Å². The standard InChI is InChI=1S/C17H23NO/c1-5-17(2,3)15-8-6-13(7-9-15)16(18-4)14-10-11-19-12-14/h6-12,16,18H,5H2,1-4H3. The average Bonchev–Trinajstić information content (AvgIpc) is 2.94. The van der Waals surface area contributed by atoms with Crippen LogP contribution in [-0.2, 0) is 5.41 Å². The van der Waals surface area contributed by atoms with E-state index in [2.05, 4.69) is 50.4 Å². The molecule has 1 N–H and O–H groups in total. The number of hydrogen-bond donors (Lipinski definition) is 1. The zero-order valence-corrected chi connectivity index (χ0v) is 12.2. The Hall–Kier alpha value is -1.54. The summed E-state index contributed by atoms with van der Waals surface area (Å²) in [5, 5.41) is 3.33. The highest BCUT2D eigenvalue weighted by Crippen LogP contribution is 2.29. The van der Waals surface area contributed by atoms with Gasteiger partial charge in [0.25, 0.3) is 0 Å². The molecule has 0 saturated heterocycles. The largest absolute Gasteiger partial charge is 0.472 e. The van der Waals surface area contributed by atoms with Crippen LogP contribution in [0.15, 0.2) is 47.3 Å². The van der Waals surface area contributed by atoms with Crippen LogP contribution in [0.4, 0.5) is 0 Å². The number of furan rings is 1. The van der Waals surface area contributed by atoms with Gasteiger partial charge in [0.1, 0.15) is 0 Å². The lowest BCUT2D eigenvalue weighted by Gasteiger charge is -2.24. The second kappa shape index (κ2) is 5.62. The van der Waals surface area contributed by atoms with Crippen LogP contribution in [0.3, 0.4) is 0 Å². The third-order valence-electron chi connectivity index (χ3n) is 4.07. The molecular formula is C17H23NO. The molecule has 19 heavy (non-hydrogen) atoms. The molecule has 0 aliphatic rings. The monoisotopic (exact) mass is 257 g/mol. The Balaban J connectivity index is 2.27. The van der Waals surface area contributed by atoms with Crippen LogP contribution in [0.2, 0.25) is 0 Å². The minimum atomic E-state index is 0.192. The molecule has 0 amide bonds. The van der Waals surface area contributed by atoms with Crippen LogP contribution in [0.5, 0.6) is 0 Å². The summed E-state index contributed by atoms with van der Waals surface area (Å²) in [7, 11) is 1.97. The van der Waals surface area contributed by atoms with Gasteiger partial charge in [0.2, 0.25) is 0 Å². The Morgan fingerprint density at radius 3 is 2.26 bits per heavy atom. The molecule has 102 valence electrons. The molecule has 1 unspecified atom stereocenters. The van der Waals surface area contributed by atoms with Crippen molar-refractivity contribution in [2.45, 2.75) is 38.6 Å². The van der Waals surface area contributed by atoms with Gasteiger partial charge in [0.15, 0.2) is 0 Å². The molecule has 2 nitrogen and oxygen atoms in total. The third kappa shape index (κ3) is 2.90. The Morgan fingerprint density at radius 2 is 1.79 bits per heavy atom. The van der Waals surface area contributed by atoms with Crippen molar-refractivity contribution in [3.8, 4) is 0 Å². The van der Waals surface area contributed by atoms with Gasteiger partial charge in [0.05, 0.1) is 18.6 Å². The molecule has 0 fully saturated rings. The summed E-state index contributed by atoms with van der Waals surface area (Å²) in [5.41, 5.74) is 4.05. The van der Waals surface area contributed by atoms with Gasteiger partial charge in [-0.1, -0.05) is 45.0 Å². The summed E-state index contributed by atoms with van der Waals surface area (Å²) in [6, 6.07) is 11.1. The summed E-state index contributed by atoms with van der Waals surface area (Å²) < 4.78 is 5.17. The number of hydrogen-bond acceptors (Lipinski definition) is 2. The summed E-state index contributed by atoms with van der Waals surface area (Å²) >= 11 is 0. The minimum Gasteiger partial charge on any atom is -0.472 e. The predicted octanol–water partition coefficient (Wildman–Crippen LogP) is 4.28. The molecule has 0 radical (unpaired) electrons. The van der Waals surface area contributed by atoms with Crippen molar-refractivity contribution in [1.82, 2.24) is 5.32 Å². The van der Waals surface area contributed by atoms with Crippen LogP contribution in [0, 0.1) is 0 Å². The fourth-order valence-electron chi connectivity index (χ4n) is 2.30. The van der Waals surface area contributed by atoms with E-state index in [0.29, 0.717) is 0 Å². The fraction of sp³-hybridized carbons (Fsp3) is 0.412. The molecule has 1 aromatic heterocycles. The SMILES string of the molecule is CCC(C)(C)c1ccc(C(NC)c2ccoc2)cc1. The Labute approximate surface area is 115 Å². The molecule has 1 aromatic carbocycles. The van der Waals surface area contributed by atoms with E-state index in [4.69, 9.17) is 4.42 Å². The van der Waals surface area contributed by atoms with Crippen molar-refractivity contribution in [3.63, 3.8) is 0 Å². The molecule has 0 aliphatic carbocycles. The first kappa shape index (κ1) is 13.9. The molecule has 2 heteroatoms. The van der Waals surface area contributed by atoms with Gasteiger partial charge >= 0.3 is 0 Å². The molecule has 2 rings (SSSR count). The maximum Gasteiger partial charge on any atom is 0.0953 e. The highest BCUT2D eigenvalue weighted by Gasteiger charge is 2.19. The van der Waals surface area contributed by atoms with E-state index in [1.807, 2.05) is 13.1 Å². The fourth-order valence-corrected chi connectivity index (χ4v) is 2.30. The quantitative estimate of drug-likeness (QED) is 0.865. The Bertz CT molecular complexity index is 497. The summed E-state index contributed by atoms with van der Waals surface area (Å²) in [6.45, 7) is 6.80.